The molecule has 0 fully saturated rings. The number of aromatic nitrogens is 2. The van der Waals surface area contributed by atoms with Crippen LogP contribution in [0.2, 0.25) is 0 Å². The quantitative estimate of drug-likeness (QED) is 0.671. The fourth-order valence-electron chi connectivity index (χ4n) is 2.61. The first-order valence-corrected chi connectivity index (χ1v) is 8.32. The number of amides is 2. The van der Waals surface area contributed by atoms with Gasteiger partial charge in [0, 0.05) is 19.2 Å². The van der Waals surface area contributed by atoms with Gasteiger partial charge in [0.1, 0.15) is 0 Å². The molecule has 3 N–H and O–H groups in total. The van der Waals surface area contributed by atoms with Crippen molar-refractivity contribution in [2.75, 3.05) is 24.4 Å². The molecule has 0 aliphatic carbocycles. The van der Waals surface area contributed by atoms with Crippen molar-refractivity contribution in [2.45, 2.75) is 33.2 Å². The summed E-state index contributed by atoms with van der Waals surface area (Å²) in [5.74, 6) is -0.849. The summed E-state index contributed by atoms with van der Waals surface area (Å²) in [5, 5.41) is 18.8. The number of methoxy groups -OCH3 is 1. The molecule has 0 unspecified atom stereocenters. The van der Waals surface area contributed by atoms with E-state index in [-0.39, 0.29) is 12.5 Å². The first-order valence-electron chi connectivity index (χ1n) is 8.32. The Morgan fingerprint density at radius 1 is 1.27 bits per heavy atom. The van der Waals surface area contributed by atoms with Crippen molar-refractivity contribution in [3.63, 3.8) is 0 Å². The Balaban J connectivity index is 2.02. The molecule has 0 aliphatic heterocycles. The second-order valence-corrected chi connectivity index (χ2v) is 5.94. The molecule has 2 rings (SSSR count). The number of nitrogens with one attached hydrogen (secondary N) is 2. The maximum atomic E-state index is 12.3. The van der Waals surface area contributed by atoms with Crippen LogP contribution in [0.5, 0.6) is 0 Å². The second-order valence-electron chi connectivity index (χ2n) is 5.94. The van der Waals surface area contributed by atoms with Crippen LogP contribution in [0.15, 0.2) is 24.3 Å². The Kier molecular flexibility index (Phi) is 6.74. The van der Waals surface area contributed by atoms with Crippen molar-refractivity contribution in [1.29, 1.82) is 0 Å². The Labute approximate surface area is 152 Å². The molecule has 1 heterocycles. The van der Waals surface area contributed by atoms with Gasteiger partial charge in [-0.1, -0.05) is 12.1 Å². The molecule has 0 saturated heterocycles. The highest BCUT2D eigenvalue weighted by atomic mass is 16.5. The van der Waals surface area contributed by atoms with E-state index in [0.717, 1.165) is 17.0 Å². The number of hydrogen-bond donors (Lipinski definition) is 3. The Morgan fingerprint density at radius 2 is 2.04 bits per heavy atom. The number of carbonyl (C=O) groups excluding carboxylic acids is 1. The minimum atomic E-state index is -0.849. The summed E-state index contributed by atoms with van der Waals surface area (Å²) >= 11 is 0. The molecule has 2 amide bonds. The average molecular weight is 360 g/mol. The maximum Gasteiger partial charge on any atom is 0.323 e. The molecule has 1 aromatic carbocycles. The van der Waals surface area contributed by atoms with Crippen molar-refractivity contribution in [1.82, 2.24) is 9.78 Å². The third-order valence-corrected chi connectivity index (χ3v) is 3.94. The smallest absolute Gasteiger partial charge is 0.323 e. The first kappa shape index (κ1) is 19.5. The number of urea groups is 1. The molecule has 1 aromatic heterocycles. The summed E-state index contributed by atoms with van der Waals surface area (Å²) in [6.45, 7) is 4.87. The van der Waals surface area contributed by atoms with Crippen molar-refractivity contribution in [3.8, 4) is 0 Å². The number of hydrogen-bond acceptors (Lipinski definition) is 4. The van der Waals surface area contributed by atoms with Gasteiger partial charge in [0.25, 0.3) is 0 Å². The molecule has 0 bridgehead atoms. The minimum absolute atomic E-state index is 0.0503. The van der Waals surface area contributed by atoms with Gasteiger partial charge >= 0.3 is 12.0 Å². The van der Waals surface area contributed by atoms with Crippen molar-refractivity contribution in [3.05, 3.63) is 41.2 Å². The lowest BCUT2D eigenvalue weighted by Crippen LogP contribution is -2.20. The lowest BCUT2D eigenvalue weighted by Gasteiger charge is -2.10. The Hall–Kier alpha value is -2.87. The van der Waals surface area contributed by atoms with Gasteiger partial charge in [-0.25, -0.2) is 4.79 Å². The fourth-order valence-corrected chi connectivity index (χ4v) is 2.61. The molecule has 2 aromatic rings. The highest BCUT2D eigenvalue weighted by Gasteiger charge is 2.14. The highest BCUT2D eigenvalue weighted by molar-refractivity contribution is 6.00. The number of aliphatic carboxylic acids is 1. The van der Waals surface area contributed by atoms with E-state index >= 15 is 0 Å². The van der Waals surface area contributed by atoms with Gasteiger partial charge in [-0.15, -0.1) is 0 Å². The molecule has 0 aliphatic rings. The first-order chi connectivity index (χ1) is 12.4. The summed E-state index contributed by atoms with van der Waals surface area (Å²) in [6, 6.07) is 6.76. The van der Waals surface area contributed by atoms with Crippen LogP contribution in [0, 0.1) is 13.8 Å². The van der Waals surface area contributed by atoms with Crippen molar-refractivity contribution < 1.29 is 19.4 Å². The van der Waals surface area contributed by atoms with Gasteiger partial charge < -0.3 is 20.5 Å². The van der Waals surface area contributed by atoms with Crippen LogP contribution in [-0.2, 0) is 22.5 Å². The van der Waals surface area contributed by atoms with Gasteiger partial charge in [-0.2, -0.15) is 5.10 Å². The third kappa shape index (κ3) is 5.32. The summed E-state index contributed by atoms with van der Waals surface area (Å²) in [4.78, 5) is 23.0. The van der Waals surface area contributed by atoms with Gasteiger partial charge in [-0.05, 0) is 38.0 Å². The molecule has 0 radical (unpaired) electrons. The number of nitrogens with zero attached hydrogens (tertiary/aromatic N) is 2. The Morgan fingerprint density at radius 3 is 2.73 bits per heavy atom. The highest BCUT2D eigenvalue weighted by Crippen LogP contribution is 2.20. The van der Waals surface area contributed by atoms with E-state index in [0.29, 0.717) is 30.9 Å². The topological polar surface area (TPSA) is 105 Å². The zero-order valence-electron chi connectivity index (χ0n) is 15.2. The maximum absolute atomic E-state index is 12.3. The van der Waals surface area contributed by atoms with E-state index in [1.165, 1.54) is 0 Å². The van der Waals surface area contributed by atoms with E-state index in [1.807, 2.05) is 19.9 Å². The van der Waals surface area contributed by atoms with E-state index in [4.69, 9.17) is 9.84 Å². The molecule has 0 saturated carbocycles. The standard InChI is InChI=1S/C18H24N4O4/c1-12-17(13(2)22(21-12)9-10-26-3)20-18(25)19-15-6-4-5-14(11-15)7-8-16(23)24/h4-6,11H,7-10H2,1-3H3,(H,23,24)(H2,19,20,25). The van der Waals surface area contributed by atoms with Crippen LogP contribution in [0.1, 0.15) is 23.4 Å². The molecule has 8 nitrogen and oxygen atoms in total. The molecule has 0 spiro atoms. The summed E-state index contributed by atoms with van der Waals surface area (Å²) in [6.07, 6.45) is 0.464. The number of rotatable bonds is 8. The summed E-state index contributed by atoms with van der Waals surface area (Å²) in [5.41, 5.74) is 3.70. The molecule has 8 heteroatoms. The SMILES string of the molecule is COCCn1nc(C)c(NC(=O)Nc2cccc(CCC(=O)O)c2)c1C. The van der Waals surface area contributed by atoms with Crippen LogP contribution in [0.3, 0.4) is 0 Å². The number of carboxylic acid groups (broad SMARTS) is 1. The number of anilines is 2. The summed E-state index contributed by atoms with van der Waals surface area (Å²) in [7, 11) is 1.63. The lowest BCUT2D eigenvalue weighted by molar-refractivity contribution is -0.136. The molecular formula is C18H24N4O4. The zero-order valence-corrected chi connectivity index (χ0v) is 15.2. The third-order valence-electron chi connectivity index (χ3n) is 3.94. The van der Waals surface area contributed by atoms with Crippen LogP contribution >= 0.6 is 0 Å². The van der Waals surface area contributed by atoms with E-state index in [9.17, 15) is 9.59 Å². The fraction of sp³-hybridized carbons (Fsp3) is 0.389. The number of carboxylic acids is 1. The van der Waals surface area contributed by atoms with Crippen molar-refractivity contribution in [2.24, 2.45) is 0 Å². The predicted octanol–water partition coefficient (Wildman–Crippen LogP) is 2.81. The van der Waals surface area contributed by atoms with Gasteiger partial charge in [0.15, 0.2) is 0 Å². The lowest BCUT2D eigenvalue weighted by atomic mass is 10.1. The molecule has 140 valence electrons. The van der Waals surface area contributed by atoms with E-state index in [1.54, 1.807) is 30.0 Å². The van der Waals surface area contributed by atoms with E-state index < -0.39 is 5.97 Å². The molecular weight excluding hydrogens is 336 g/mol. The molecule has 26 heavy (non-hydrogen) atoms. The van der Waals surface area contributed by atoms with Gasteiger partial charge in [-0.3, -0.25) is 9.48 Å². The van der Waals surface area contributed by atoms with Crippen LogP contribution < -0.4 is 10.6 Å². The van der Waals surface area contributed by atoms with Crippen LogP contribution in [0.4, 0.5) is 16.2 Å². The number of aryl methyl sites for hydroxylation is 2. The monoisotopic (exact) mass is 360 g/mol. The van der Waals surface area contributed by atoms with Gasteiger partial charge in [0.2, 0.25) is 0 Å². The second kappa shape index (κ2) is 9.00. The summed E-state index contributed by atoms with van der Waals surface area (Å²) < 4.78 is 6.85. The number of ether oxygens (including phenoxy) is 1. The largest absolute Gasteiger partial charge is 0.481 e. The number of carbonyl (C=O) groups is 2. The molecule has 0 atom stereocenters. The predicted molar refractivity (Wildman–Crippen MR) is 98.6 cm³/mol. The van der Waals surface area contributed by atoms with Crippen LogP contribution in [0.25, 0.3) is 0 Å². The van der Waals surface area contributed by atoms with E-state index in [2.05, 4.69) is 15.7 Å². The van der Waals surface area contributed by atoms with Crippen molar-refractivity contribution >= 4 is 23.4 Å². The Bertz CT molecular complexity index is 785. The van der Waals surface area contributed by atoms with Gasteiger partial charge in [0.05, 0.1) is 30.2 Å². The normalized spacial score (nSPS) is 10.6. The van der Waals surface area contributed by atoms with Crippen LogP contribution in [-0.4, -0.2) is 40.6 Å². The number of benzene rings is 1. The minimum Gasteiger partial charge on any atom is -0.481 e. The average Bonchev–Trinajstić information content (AvgIpc) is 2.86. The zero-order chi connectivity index (χ0) is 19.1.